The van der Waals surface area contributed by atoms with Gasteiger partial charge in [-0.2, -0.15) is 0 Å². The third-order valence-electron chi connectivity index (χ3n) is 4.69. The molecule has 0 aliphatic rings. The van der Waals surface area contributed by atoms with E-state index in [1.54, 1.807) is 0 Å². The first-order valence-corrected chi connectivity index (χ1v) is 11.0. The Balaban J connectivity index is 3.12. The van der Waals surface area contributed by atoms with Gasteiger partial charge in [-0.15, -0.1) is 0 Å². The monoisotopic (exact) mass is 385 g/mol. The Morgan fingerprint density at radius 1 is 0.741 bits per heavy atom. The van der Waals surface area contributed by atoms with Crippen LogP contribution in [0.5, 0.6) is 0 Å². The minimum absolute atomic E-state index is 0.0217. The normalized spacial score (nSPS) is 11.6. The first kappa shape index (κ1) is 26.1. The van der Waals surface area contributed by atoms with Crippen LogP contribution in [-0.2, 0) is 9.53 Å². The molecule has 0 aromatic heterocycles. The van der Waals surface area contributed by atoms with Crippen molar-refractivity contribution in [2.45, 2.75) is 109 Å². The molecule has 0 rings (SSSR count). The summed E-state index contributed by atoms with van der Waals surface area (Å²) in [5, 5.41) is 17.5. The van der Waals surface area contributed by atoms with Crippen LogP contribution in [0.2, 0.25) is 0 Å². The van der Waals surface area contributed by atoms with Gasteiger partial charge in [0.25, 0.3) is 0 Å². The maximum absolute atomic E-state index is 10.8. The molecule has 0 aliphatic carbocycles. The number of hydrogen-bond donors (Lipinski definition) is 3. The standard InChI is InChI=1S/C22H43NO4/c23-20-22(26)27-19-17-15-13-11-9-7-5-3-1-2-4-6-8-10-12-14-16-18-21(24)25/h1,3,21,24-25H,2,4-20,23H2. The van der Waals surface area contributed by atoms with Crippen molar-refractivity contribution in [1.82, 2.24) is 0 Å². The number of carbonyl (C=O) groups excluding carboxylic acids is 1. The lowest BCUT2D eigenvalue weighted by Gasteiger charge is -2.03. The number of nitrogens with two attached hydrogens (primary N) is 1. The van der Waals surface area contributed by atoms with Crippen LogP contribution in [0.1, 0.15) is 103 Å². The second kappa shape index (κ2) is 21.4. The van der Waals surface area contributed by atoms with Gasteiger partial charge >= 0.3 is 5.97 Å². The smallest absolute Gasteiger partial charge is 0.319 e. The Hall–Kier alpha value is -0.910. The van der Waals surface area contributed by atoms with Crippen LogP contribution in [0.15, 0.2) is 12.2 Å². The van der Waals surface area contributed by atoms with Crippen LogP contribution in [0.3, 0.4) is 0 Å². The van der Waals surface area contributed by atoms with Gasteiger partial charge < -0.3 is 20.7 Å². The van der Waals surface area contributed by atoms with E-state index in [0.717, 1.165) is 25.7 Å². The molecule has 0 unspecified atom stereocenters. The van der Waals surface area contributed by atoms with Crippen molar-refractivity contribution in [3.05, 3.63) is 12.2 Å². The summed E-state index contributed by atoms with van der Waals surface area (Å²) in [6, 6.07) is 0. The lowest BCUT2D eigenvalue weighted by Crippen LogP contribution is -2.17. The molecule has 0 radical (unpaired) electrons. The molecule has 4 N–H and O–H groups in total. The second-order valence-electron chi connectivity index (χ2n) is 7.34. The van der Waals surface area contributed by atoms with Gasteiger partial charge in [-0.05, 0) is 44.9 Å². The first-order valence-electron chi connectivity index (χ1n) is 11.0. The molecule has 5 nitrogen and oxygen atoms in total. The zero-order valence-corrected chi connectivity index (χ0v) is 17.2. The fourth-order valence-corrected chi connectivity index (χ4v) is 3.02. The molecule has 27 heavy (non-hydrogen) atoms. The highest BCUT2D eigenvalue weighted by atomic mass is 16.5. The highest BCUT2D eigenvalue weighted by Crippen LogP contribution is 2.11. The quantitative estimate of drug-likeness (QED) is 0.123. The summed E-state index contributed by atoms with van der Waals surface area (Å²) in [5.74, 6) is -0.308. The van der Waals surface area contributed by atoms with E-state index in [1.807, 2.05) is 0 Å². The summed E-state index contributed by atoms with van der Waals surface area (Å²) in [4.78, 5) is 10.8. The number of rotatable bonds is 20. The van der Waals surface area contributed by atoms with Crippen LogP contribution in [-0.4, -0.2) is 35.6 Å². The largest absolute Gasteiger partial charge is 0.465 e. The average Bonchev–Trinajstić information content (AvgIpc) is 2.65. The maximum Gasteiger partial charge on any atom is 0.319 e. The summed E-state index contributed by atoms with van der Waals surface area (Å²) < 4.78 is 4.94. The van der Waals surface area contributed by atoms with Crippen LogP contribution in [0.4, 0.5) is 0 Å². The van der Waals surface area contributed by atoms with Gasteiger partial charge in [0.15, 0.2) is 6.29 Å². The number of allylic oxidation sites excluding steroid dienone is 2. The average molecular weight is 386 g/mol. The van der Waals surface area contributed by atoms with Crippen LogP contribution in [0.25, 0.3) is 0 Å². The lowest BCUT2D eigenvalue weighted by atomic mass is 10.1. The van der Waals surface area contributed by atoms with Crippen molar-refractivity contribution < 1.29 is 19.7 Å². The Labute approximate surface area is 166 Å². The molecule has 0 bridgehead atoms. The fraction of sp³-hybridized carbons (Fsp3) is 0.864. The number of unbranched alkanes of at least 4 members (excludes halogenated alkanes) is 13. The molecular weight excluding hydrogens is 342 g/mol. The Bertz CT molecular complexity index is 345. The third-order valence-corrected chi connectivity index (χ3v) is 4.69. The second-order valence-corrected chi connectivity index (χ2v) is 7.34. The lowest BCUT2D eigenvalue weighted by molar-refractivity contribution is -0.142. The molecule has 5 heteroatoms. The van der Waals surface area contributed by atoms with E-state index >= 15 is 0 Å². The summed E-state index contributed by atoms with van der Waals surface area (Å²) in [6.07, 6.45) is 21.9. The van der Waals surface area contributed by atoms with Gasteiger partial charge in [-0.25, -0.2) is 0 Å². The number of carbonyl (C=O) groups is 1. The van der Waals surface area contributed by atoms with E-state index in [9.17, 15) is 4.79 Å². The Morgan fingerprint density at radius 3 is 1.67 bits per heavy atom. The first-order chi connectivity index (χ1) is 13.2. The number of hydrogen-bond acceptors (Lipinski definition) is 5. The minimum Gasteiger partial charge on any atom is -0.465 e. The molecule has 0 aliphatic heterocycles. The van der Waals surface area contributed by atoms with Crippen molar-refractivity contribution >= 4 is 5.97 Å². The van der Waals surface area contributed by atoms with E-state index in [2.05, 4.69) is 12.2 Å². The van der Waals surface area contributed by atoms with Gasteiger partial charge in [0.2, 0.25) is 0 Å². The summed E-state index contributed by atoms with van der Waals surface area (Å²) >= 11 is 0. The molecule has 0 saturated heterocycles. The summed E-state index contributed by atoms with van der Waals surface area (Å²) in [7, 11) is 0. The molecule has 0 fully saturated rings. The van der Waals surface area contributed by atoms with Crippen molar-refractivity contribution in [2.75, 3.05) is 13.2 Å². The van der Waals surface area contributed by atoms with Crippen LogP contribution in [0, 0.1) is 0 Å². The molecule has 0 aromatic carbocycles. The van der Waals surface area contributed by atoms with Crippen molar-refractivity contribution in [3.63, 3.8) is 0 Å². The molecule has 0 heterocycles. The van der Waals surface area contributed by atoms with Crippen LogP contribution < -0.4 is 5.73 Å². The number of aliphatic hydroxyl groups excluding tert-OH is 1. The molecule has 0 amide bonds. The van der Waals surface area contributed by atoms with E-state index in [0.29, 0.717) is 13.0 Å². The number of esters is 1. The van der Waals surface area contributed by atoms with Gasteiger partial charge in [0.1, 0.15) is 0 Å². The van der Waals surface area contributed by atoms with Gasteiger partial charge in [0, 0.05) is 0 Å². The highest BCUT2D eigenvalue weighted by molar-refractivity contribution is 5.71. The summed E-state index contributed by atoms with van der Waals surface area (Å²) in [5.41, 5.74) is 5.17. The summed E-state index contributed by atoms with van der Waals surface area (Å²) in [6.45, 7) is 0.485. The number of ether oxygens (including phenoxy) is 1. The van der Waals surface area contributed by atoms with E-state index < -0.39 is 6.29 Å². The Kier molecular flexibility index (Phi) is 20.7. The molecule has 0 spiro atoms. The van der Waals surface area contributed by atoms with Gasteiger partial charge in [-0.1, -0.05) is 69.9 Å². The van der Waals surface area contributed by atoms with E-state index in [-0.39, 0.29) is 12.5 Å². The molecule has 0 aromatic rings. The topological polar surface area (TPSA) is 92.8 Å². The minimum atomic E-state index is -1.13. The zero-order chi connectivity index (χ0) is 20.0. The Morgan fingerprint density at radius 2 is 1.19 bits per heavy atom. The maximum atomic E-state index is 10.8. The van der Waals surface area contributed by atoms with Gasteiger partial charge in [-0.3, -0.25) is 4.79 Å². The SMILES string of the molecule is NCC(=O)OCCCCCCCCC=CCCCCCCCCCC(O)O. The third kappa shape index (κ3) is 23.1. The van der Waals surface area contributed by atoms with Crippen molar-refractivity contribution in [3.8, 4) is 0 Å². The predicted octanol–water partition coefficient (Wildman–Crippen LogP) is 4.60. The van der Waals surface area contributed by atoms with Crippen LogP contribution >= 0.6 is 0 Å². The van der Waals surface area contributed by atoms with Crippen molar-refractivity contribution in [1.29, 1.82) is 0 Å². The highest BCUT2D eigenvalue weighted by Gasteiger charge is 1.98. The number of aliphatic hydroxyl groups is 2. The van der Waals surface area contributed by atoms with Crippen molar-refractivity contribution in [2.24, 2.45) is 5.73 Å². The fourth-order valence-electron chi connectivity index (χ4n) is 3.02. The predicted molar refractivity (Wildman–Crippen MR) is 111 cm³/mol. The molecule has 0 saturated carbocycles. The van der Waals surface area contributed by atoms with E-state index in [4.69, 9.17) is 20.7 Å². The zero-order valence-electron chi connectivity index (χ0n) is 17.2. The molecule has 160 valence electrons. The molecule has 0 atom stereocenters. The van der Waals surface area contributed by atoms with E-state index in [1.165, 1.54) is 70.6 Å². The molecular formula is C22H43NO4. The van der Waals surface area contributed by atoms with Gasteiger partial charge in [0.05, 0.1) is 13.2 Å².